The van der Waals surface area contributed by atoms with Crippen molar-refractivity contribution in [3.8, 4) is 0 Å². The van der Waals surface area contributed by atoms with Gasteiger partial charge in [-0.15, -0.1) is 0 Å². The minimum Gasteiger partial charge on any atom is -0.393 e. The lowest BCUT2D eigenvalue weighted by Crippen LogP contribution is -2.36. The van der Waals surface area contributed by atoms with Gasteiger partial charge in [0.25, 0.3) is 0 Å². The zero-order chi connectivity index (χ0) is 10.1. The first-order valence-corrected chi connectivity index (χ1v) is 5.82. The summed E-state index contributed by atoms with van der Waals surface area (Å²) >= 11 is 0. The molecule has 0 aromatic carbocycles. The van der Waals surface area contributed by atoms with Crippen LogP contribution in [0.5, 0.6) is 0 Å². The molecule has 0 saturated carbocycles. The van der Waals surface area contributed by atoms with Gasteiger partial charge in [-0.1, -0.05) is 0 Å². The van der Waals surface area contributed by atoms with Crippen LogP contribution in [-0.4, -0.2) is 48.9 Å². The van der Waals surface area contributed by atoms with Gasteiger partial charge >= 0.3 is 0 Å². The van der Waals surface area contributed by atoms with E-state index < -0.39 is 22.3 Å². The van der Waals surface area contributed by atoms with Crippen molar-refractivity contribution < 1.29 is 17.9 Å². The van der Waals surface area contributed by atoms with Crippen molar-refractivity contribution in [2.45, 2.75) is 19.0 Å². The third kappa shape index (κ3) is 2.18. The molecule has 6 heteroatoms. The second-order valence-corrected chi connectivity index (χ2v) is 5.55. The van der Waals surface area contributed by atoms with Crippen LogP contribution in [0, 0.1) is 0 Å². The molecule has 1 heterocycles. The van der Waals surface area contributed by atoms with Crippen molar-refractivity contribution in [1.82, 2.24) is 4.31 Å². The molecule has 1 fully saturated rings. The van der Waals surface area contributed by atoms with E-state index in [-0.39, 0.29) is 25.3 Å². The molecule has 1 rings (SSSR count). The molecule has 0 aromatic heterocycles. The second-order valence-electron chi connectivity index (χ2n) is 3.29. The maximum Gasteiger partial charge on any atom is 0.213 e. The quantitative estimate of drug-likeness (QED) is 0.700. The number of halogens is 1. The summed E-state index contributed by atoms with van der Waals surface area (Å²) in [4.78, 5) is 0. The summed E-state index contributed by atoms with van der Waals surface area (Å²) in [6.45, 7) is 0.877. The van der Waals surface area contributed by atoms with Gasteiger partial charge in [0.05, 0.1) is 18.9 Å². The lowest BCUT2D eigenvalue weighted by Gasteiger charge is -2.17. The van der Waals surface area contributed by atoms with Gasteiger partial charge in [-0.25, -0.2) is 12.8 Å². The molecule has 1 aliphatic heterocycles. The van der Waals surface area contributed by atoms with Crippen LogP contribution in [0.3, 0.4) is 0 Å². The first-order valence-electron chi connectivity index (χ1n) is 4.21. The van der Waals surface area contributed by atoms with Crippen molar-refractivity contribution in [1.29, 1.82) is 0 Å². The van der Waals surface area contributed by atoms with E-state index >= 15 is 0 Å². The van der Waals surface area contributed by atoms with Crippen LogP contribution in [0.1, 0.15) is 13.3 Å². The molecule has 0 aromatic rings. The Hall–Kier alpha value is -0.200. The molecular weight excluding hydrogens is 197 g/mol. The highest BCUT2D eigenvalue weighted by Crippen LogP contribution is 2.26. The van der Waals surface area contributed by atoms with E-state index in [0.29, 0.717) is 0 Å². The smallest absolute Gasteiger partial charge is 0.213 e. The van der Waals surface area contributed by atoms with Gasteiger partial charge in [0, 0.05) is 6.54 Å². The summed E-state index contributed by atoms with van der Waals surface area (Å²) in [5, 5.41) is 8.69. The molecule has 78 valence electrons. The van der Waals surface area contributed by atoms with E-state index in [2.05, 4.69) is 0 Å². The predicted molar refractivity (Wildman–Crippen MR) is 46.6 cm³/mol. The SMILES string of the molecule is CCS(=O)(=O)N1CCC(F)(CO)C1. The van der Waals surface area contributed by atoms with Gasteiger partial charge in [-0.05, 0) is 13.3 Å². The third-order valence-corrected chi connectivity index (χ3v) is 4.14. The van der Waals surface area contributed by atoms with Crippen molar-refractivity contribution in [2.24, 2.45) is 0 Å². The molecule has 1 unspecified atom stereocenters. The summed E-state index contributed by atoms with van der Waals surface area (Å²) in [7, 11) is -3.30. The second kappa shape index (κ2) is 3.51. The Balaban J connectivity index is 2.71. The van der Waals surface area contributed by atoms with E-state index in [4.69, 9.17) is 5.11 Å². The molecular formula is C7H14FNO3S. The normalized spacial score (nSPS) is 31.0. The topological polar surface area (TPSA) is 57.6 Å². The molecule has 4 nitrogen and oxygen atoms in total. The maximum atomic E-state index is 13.4. The Bertz CT molecular complexity index is 279. The number of rotatable bonds is 3. The number of aliphatic hydroxyl groups is 1. The molecule has 13 heavy (non-hydrogen) atoms. The highest BCUT2D eigenvalue weighted by atomic mass is 32.2. The summed E-state index contributed by atoms with van der Waals surface area (Å²) < 4.78 is 37.1. The number of nitrogens with zero attached hydrogens (tertiary/aromatic N) is 1. The lowest BCUT2D eigenvalue weighted by molar-refractivity contribution is 0.0845. The van der Waals surface area contributed by atoms with Gasteiger partial charge in [-0.2, -0.15) is 4.31 Å². The molecule has 1 atom stereocenters. The number of hydrogen-bond acceptors (Lipinski definition) is 3. The van der Waals surface area contributed by atoms with Crippen molar-refractivity contribution >= 4 is 10.0 Å². The Labute approximate surface area is 77.4 Å². The average molecular weight is 211 g/mol. The lowest BCUT2D eigenvalue weighted by atomic mass is 10.1. The Kier molecular flexibility index (Phi) is 2.94. The van der Waals surface area contributed by atoms with E-state index in [1.807, 2.05) is 0 Å². The average Bonchev–Trinajstić information content (AvgIpc) is 2.50. The van der Waals surface area contributed by atoms with Crippen molar-refractivity contribution in [2.75, 3.05) is 25.4 Å². The zero-order valence-electron chi connectivity index (χ0n) is 7.53. The predicted octanol–water partition coefficient (Wildman–Crippen LogP) is -0.258. The molecule has 0 amide bonds. The van der Waals surface area contributed by atoms with E-state index in [0.717, 1.165) is 4.31 Å². The highest BCUT2D eigenvalue weighted by molar-refractivity contribution is 7.89. The van der Waals surface area contributed by atoms with Crippen molar-refractivity contribution in [3.05, 3.63) is 0 Å². The summed E-state index contributed by atoms with van der Waals surface area (Å²) in [6.07, 6.45) is 0.0860. The van der Waals surface area contributed by atoms with Gasteiger partial charge in [0.2, 0.25) is 10.0 Å². The molecule has 0 radical (unpaired) electrons. The number of alkyl halides is 1. The number of sulfonamides is 1. The Morgan fingerprint density at radius 1 is 1.62 bits per heavy atom. The largest absolute Gasteiger partial charge is 0.393 e. The monoisotopic (exact) mass is 211 g/mol. The zero-order valence-corrected chi connectivity index (χ0v) is 8.35. The van der Waals surface area contributed by atoms with Crippen LogP contribution in [0.4, 0.5) is 4.39 Å². The highest BCUT2D eigenvalue weighted by Gasteiger charge is 2.41. The summed E-state index contributed by atoms with van der Waals surface area (Å²) in [5.74, 6) is -0.0193. The first-order chi connectivity index (χ1) is 5.93. The van der Waals surface area contributed by atoms with Crippen LogP contribution in [-0.2, 0) is 10.0 Å². The third-order valence-electron chi connectivity index (χ3n) is 2.31. The van der Waals surface area contributed by atoms with E-state index in [1.165, 1.54) is 6.92 Å². The van der Waals surface area contributed by atoms with Crippen LogP contribution in [0.15, 0.2) is 0 Å². The molecule has 1 N–H and O–H groups in total. The molecule has 0 bridgehead atoms. The summed E-state index contributed by atoms with van der Waals surface area (Å²) in [6, 6.07) is 0. The molecule has 1 aliphatic rings. The van der Waals surface area contributed by atoms with Crippen LogP contribution < -0.4 is 0 Å². The van der Waals surface area contributed by atoms with Gasteiger partial charge in [0.1, 0.15) is 5.67 Å². The van der Waals surface area contributed by atoms with E-state index in [1.54, 1.807) is 0 Å². The van der Waals surface area contributed by atoms with E-state index in [9.17, 15) is 12.8 Å². The molecule has 0 spiro atoms. The van der Waals surface area contributed by atoms with Gasteiger partial charge < -0.3 is 5.11 Å². The van der Waals surface area contributed by atoms with Gasteiger partial charge in [-0.3, -0.25) is 0 Å². The fraction of sp³-hybridized carbons (Fsp3) is 1.00. The fourth-order valence-electron chi connectivity index (χ4n) is 1.35. The van der Waals surface area contributed by atoms with Crippen molar-refractivity contribution in [3.63, 3.8) is 0 Å². The molecule has 0 aliphatic carbocycles. The Morgan fingerprint density at radius 3 is 2.62 bits per heavy atom. The fourth-order valence-corrected chi connectivity index (χ4v) is 2.51. The minimum absolute atomic E-state index is 0.0193. The maximum absolute atomic E-state index is 13.4. The van der Waals surface area contributed by atoms with Crippen LogP contribution in [0.25, 0.3) is 0 Å². The number of aliphatic hydroxyl groups excluding tert-OH is 1. The van der Waals surface area contributed by atoms with Crippen LogP contribution in [0.2, 0.25) is 0 Å². The standard InChI is InChI=1S/C7H14FNO3S/c1-2-13(11,12)9-4-3-7(8,5-9)6-10/h10H,2-6H2,1H3. The van der Waals surface area contributed by atoms with Gasteiger partial charge in [0.15, 0.2) is 0 Å². The minimum atomic E-state index is -3.30. The van der Waals surface area contributed by atoms with Crippen LogP contribution >= 0.6 is 0 Å². The Morgan fingerprint density at radius 2 is 2.23 bits per heavy atom. The summed E-state index contributed by atoms with van der Waals surface area (Å²) in [5.41, 5.74) is -1.73. The first kappa shape index (κ1) is 10.9. The number of hydrogen-bond donors (Lipinski definition) is 1. The molecule has 1 saturated heterocycles.